The van der Waals surface area contributed by atoms with E-state index in [4.69, 9.17) is 0 Å². The molecule has 1 N–H and O–H groups in total. The highest BCUT2D eigenvalue weighted by atomic mass is 32.2. The number of rotatable bonds is 5. The van der Waals surface area contributed by atoms with Crippen LogP contribution in [0.15, 0.2) is 29.2 Å². The zero-order valence-electron chi connectivity index (χ0n) is 12.0. The third-order valence-corrected chi connectivity index (χ3v) is 4.76. The number of benzene rings is 1. The van der Waals surface area contributed by atoms with Gasteiger partial charge in [-0.15, -0.1) is 11.8 Å². The van der Waals surface area contributed by atoms with Gasteiger partial charge in [0.15, 0.2) is 5.78 Å². The Labute approximate surface area is 124 Å². The number of nitrogens with one attached hydrogen (secondary N) is 1. The summed E-state index contributed by atoms with van der Waals surface area (Å²) in [6, 6.07) is 7.80. The molecule has 1 aromatic carbocycles. The third-order valence-electron chi connectivity index (χ3n) is 3.64. The number of Topliss-reactive ketones (excluding diaryl/α,β-unsaturated/α-hetero) is 1. The van der Waals surface area contributed by atoms with Crippen molar-refractivity contribution in [3.05, 3.63) is 29.8 Å². The van der Waals surface area contributed by atoms with E-state index in [1.54, 1.807) is 6.92 Å². The first-order valence-corrected chi connectivity index (χ1v) is 8.02. The van der Waals surface area contributed by atoms with Gasteiger partial charge in [-0.25, -0.2) is 0 Å². The van der Waals surface area contributed by atoms with E-state index in [1.807, 2.05) is 31.2 Å². The highest BCUT2D eigenvalue weighted by Crippen LogP contribution is 2.25. The molecule has 1 atom stereocenters. The van der Waals surface area contributed by atoms with Crippen molar-refractivity contribution in [2.24, 2.45) is 0 Å². The van der Waals surface area contributed by atoms with Crippen LogP contribution in [0.1, 0.15) is 49.9 Å². The second-order valence-corrected chi connectivity index (χ2v) is 6.74. The first-order valence-electron chi connectivity index (χ1n) is 7.14. The van der Waals surface area contributed by atoms with E-state index < -0.39 is 0 Å². The fourth-order valence-corrected chi connectivity index (χ4v) is 3.29. The van der Waals surface area contributed by atoms with E-state index in [1.165, 1.54) is 24.6 Å². The lowest BCUT2D eigenvalue weighted by atomic mass is 10.2. The van der Waals surface area contributed by atoms with Gasteiger partial charge in [-0.2, -0.15) is 0 Å². The van der Waals surface area contributed by atoms with E-state index in [2.05, 4.69) is 5.32 Å². The molecule has 1 aliphatic carbocycles. The maximum Gasteiger partial charge on any atom is 0.233 e. The van der Waals surface area contributed by atoms with Crippen LogP contribution < -0.4 is 5.32 Å². The summed E-state index contributed by atoms with van der Waals surface area (Å²) >= 11 is 1.53. The molecule has 0 bridgehead atoms. The van der Waals surface area contributed by atoms with Gasteiger partial charge in [0.2, 0.25) is 5.91 Å². The van der Waals surface area contributed by atoms with Gasteiger partial charge in [-0.3, -0.25) is 9.59 Å². The Bertz CT molecular complexity index is 478. The second-order valence-electron chi connectivity index (χ2n) is 5.33. The Kier molecular flexibility index (Phi) is 5.24. The SMILES string of the molecule is CC(=O)c1ccc(SC(C)C(=O)NC2CCCC2)cc1. The van der Waals surface area contributed by atoms with E-state index in [-0.39, 0.29) is 16.9 Å². The lowest BCUT2D eigenvalue weighted by Crippen LogP contribution is -2.37. The van der Waals surface area contributed by atoms with Gasteiger partial charge in [-0.1, -0.05) is 25.0 Å². The van der Waals surface area contributed by atoms with Gasteiger partial charge in [0.1, 0.15) is 0 Å². The molecule has 1 saturated carbocycles. The van der Waals surface area contributed by atoms with E-state index in [9.17, 15) is 9.59 Å². The van der Waals surface area contributed by atoms with Crippen LogP contribution in [-0.4, -0.2) is 23.0 Å². The molecule has 0 aromatic heterocycles. The Morgan fingerprint density at radius 3 is 2.35 bits per heavy atom. The van der Waals surface area contributed by atoms with Crippen LogP contribution in [0, 0.1) is 0 Å². The lowest BCUT2D eigenvalue weighted by molar-refractivity contribution is -0.120. The Morgan fingerprint density at radius 2 is 1.80 bits per heavy atom. The molecule has 1 amide bonds. The number of carbonyl (C=O) groups excluding carboxylic acids is 2. The van der Waals surface area contributed by atoms with Crippen molar-refractivity contribution in [1.82, 2.24) is 5.32 Å². The van der Waals surface area contributed by atoms with Crippen LogP contribution in [0.3, 0.4) is 0 Å². The molecule has 3 nitrogen and oxygen atoms in total. The predicted molar refractivity (Wildman–Crippen MR) is 82.2 cm³/mol. The minimum atomic E-state index is -0.112. The van der Waals surface area contributed by atoms with Crippen LogP contribution in [0.4, 0.5) is 0 Å². The van der Waals surface area contributed by atoms with E-state index >= 15 is 0 Å². The number of amides is 1. The summed E-state index contributed by atoms with van der Waals surface area (Å²) in [5, 5.41) is 3.00. The predicted octanol–water partition coefficient (Wildman–Crippen LogP) is 3.43. The number of hydrogen-bond donors (Lipinski definition) is 1. The maximum atomic E-state index is 12.1. The quantitative estimate of drug-likeness (QED) is 0.668. The normalized spacial score (nSPS) is 16.9. The molecule has 4 heteroatoms. The van der Waals surface area contributed by atoms with E-state index in [0.29, 0.717) is 11.6 Å². The number of ketones is 1. The van der Waals surface area contributed by atoms with Gasteiger partial charge < -0.3 is 5.32 Å². The fraction of sp³-hybridized carbons (Fsp3) is 0.500. The number of thioether (sulfide) groups is 1. The van der Waals surface area contributed by atoms with Gasteiger partial charge in [0, 0.05) is 16.5 Å². The monoisotopic (exact) mass is 291 g/mol. The molecule has 0 saturated heterocycles. The van der Waals surface area contributed by atoms with Crippen molar-refractivity contribution < 1.29 is 9.59 Å². The molecule has 20 heavy (non-hydrogen) atoms. The van der Waals surface area contributed by atoms with Crippen LogP contribution in [0.5, 0.6) is 0 Å². The van der Waals surface area contributed by atoms with Gasteiger partial charge in [0.05, 0.1) is 5.25 Å². The highest BCUT2D eigenvalue weighted by Gasteiger charge is 2.21. The Hall–Kier alpha value is -1.29. The first-order chi connectivity index (χ1) is 9.56. The zero-order chi connectivity index (χ0) is 14.5. The molecular formula is C16H21NO2S. The maximum absolute atomic E-state index is 12.1. The summed E-state index contributed by atoms with van der Waals surface area (Å²) in [4.78, 5) is 24.3. The highest BCUT2D eigenvalue weighted by molar-refractivity contribution is 8.00. The molecule has 0 spiro atoms. The Morgan fingerprint density at radius 1 is 1.20 bits per heavy atom. The topological polar surface area (TPSA) is 46.2 Å². The van der Waals surface area contributed by atoms with Crippen molar-refractivity contribution in [3.63, 3.8) is 0 Å². The van der Waals surface area contributed by atoms with Crippen LogP contribution >= 0.6 is 11.8 Å². The molecule has 2 rings (SSSR count). The minimum absolute atomic E-state index is 0.0635. The summed E-state index contributed by atoms with van der Waals surface area (Å²) in [5.41, 5.74) is 0.706. The van der Waals surface area contributed by atoms with Crippen molar-refractivity contribution >= 4 is 23.5 Å². The Balaban J connectivity index is 1.87. The van der Waals surface area contributed by atoms with Crippen molar-refractivity contribution in [3.8, 4) is 0 Å². The van der Waals surface area contributed by atoms with Gasteiger partial charge in [-0.05, 0) is 38.8 Å². The summed E-state index contributed by atoms with van der Waals surface area (Å²) in [5.74, 6) is 0.172. The molecule has 0 aliphatic heterocycles. The molecular weight excluding hydrogens is 270 g/mol. The molecule has 1 fully saturated rings. The molecule has 0 heterocycles. The fourth-order valence-electron chi connectivity index (χ4n) is 2.41. The van der Waals surface area contributed by atoms with Gasteiger partial charge in [0.25, 0.3) is 0 Å². The smallest absolute Gasteiger partial charge is 0.233 e. The average Bonchev–Trinajstić information content (AvgIpc) is 2.92. The lowest BCUT2D eigenvalue weighted by Gasteiger charge is -2.16. The molecule has 0 radical (unpaired) electrons. The third kappa shape index (κ3) is 4.10. The molecule has 1 unspecified atom stereocenters. The average molecular weight is 291 g/mol. The number of hydrogen-bond acceptors (Lipinski definition) is 3. The largest absolute Gasteiger partial charge is 0.352 e. The standard InChI is InChI=1S/C16H21NO2S/c1-11(18)13-7-9-15(10-8-13)20-12(2)16(19)17-14-5-3-4-6-14/h7-10,12,14H,3-6H2,1-2H3,(H,17,19). The zero-order valence-corrected chi connectivity index (χ0v) is 12.8. The summed E-state index contributed by atoms with van der Waals surface area (Å²) in [6.07, 6.45) is 4.66. The summed E-state index contributed by atoms with van der Waals surface area (Å²) in [7, 11) is 0. The first kappa shape index (κ1) is 15.1. The van der Waals surface area contributed by atoms with Crippen LogP contribution in [-0.2, 0) is 4.79 Å². The second kappa shape index (κ2) is 6.93. The molecule has 1 aliphatic rings. The minimum Gasteiger partial charge on any atom is -0.352 e. The van der Waals surface area contributed by atoms with Crippen molar-refractivity contribution in [2.75, 3.05) is 0 Å². The van der Waals surface area contributed by atoms with Crippen LogP contribution in [0.2, 0.25) is 0 Å². The van der Waals surface area contributed by atoms with Crippen molar-refractivity contribution in [1.29, 1.82) is 0 Å². The molecule has 1 aromatic rings. The van der Waals surface area contributed by atoms with Crippen molar-refractivity contribution in [2.45, 2.75) is 55.7 Å². The van der Waals surface area contributed by atoms with Crippen LogP contribution in [0.25, 0.3) is 0 Å². The molecule has 108 valence electrons. The summed E-state index contributed by atoms with van der Waals surface area (Å²) < 4.78 is 0. The number of carbonyl (C=O) groups is 2. The summed E-state index contributed by atoms with van der Waals surface area (Å²) in [6.45, 7) is 3.48. The van der Waals surface area contributed by atoms with Gasteiger partial charge >= 0.3 is 0 Å². The van der Waals surface area contributed by atoms with E-state index in [0.717, 1.165) is 17.7 Å².